The van der Waals surface area contributed by atoms with Gasteiger partial charge in [0.05, 0.1) is 6.04 Å². The van der Waals surface area contributed by atoms with Crippen molar-refractivity contribution < 1.29 is 0 Å². The summed E-state index contributed by atoms with van der Waals surface area (Å²) in [6, 6.07) is 8.61. The van der Waals surface area contributed by atoms with E-state index in [0.717, 1.165) is 11.1 Å². The lowest BCUT2D eigenvalue weighted by Crippen LogP contribution is -2.17. The minimum Gasteiger partial charge on any atom is -0.269 e. The highest BCUT2D eigenvalue weighted by molar-refractivity contribution is 5.81. The third-order valence-corrected chi connectivity index (χ3v) is 3.30. The number of hydrogen-bond acceptors (Lipinski definition) is 4. The van der Waals surface area contributed by atoms with Crippen molar-refractivity contribution in [3.8, 4) is 11.1 Å². The van der Waals surface area contributed by atoms with E-state index in [9.17, 15) is 0 Å². The van der Waals surface area contributed by atoms with Gasteiger partial charge in [-0.3, -0.25) is 4.99 Å². The molecule has 3 rings (SSSR count). The van der Waals surface area contributed by atoms with Crippen molar-refractivity contribution in [2.75, 3.05) is 0 Å². The molecule has 4 nitrogen and oxygen atoms in total. The largest absolute Gasteiger partial charge is 0.269 e. The van der Waals surface area contributed by atoms with E-state index in [1.165, 1.54) is 11.9 Å². The molecule has 0 saturated carbocycles. The van der Waals surface area contributed by atoms with Crippen LogP contribution in [0.1, 0.15) is 18.4 Å². The summed E-state index contributed by atoms with van der Waals surface area (Å²) in [4.78, 5) is 16.6. The minimum atomic E-state index is 0.222. The fourth-order valence-corrected chi connectivity index (χ4v) is 2.23. The van der Waals surface area contributed by atoms with Crippen LogP contribution >= 0.6 is 0 Å². The maximum Gasteiger partial charge on any atom is 0.115 e. The average Bonchev–Trinajstić information content (AvgIpc) is 2.49. The molecule has 1 aliphatic rings. The molecular formula is C15H14N4. The van der Waals surface area contributed by atoms with Gasteiger partial charge in [0, 0.05) is 30.1 Å². The Morgan fingerprint density at radius 3 is 2.68 bits per heavy atom. The Labute approximate surface area is 112 Å². The molecule has 1 aliphatic heterocycles. The lowest BCUT2D eigenvalue weighted by atomic mass is 9.91. The highest BCUT2D eigenvalue weighted by Gasteiger charge is 2.18. The molecule has 0 radical (unpaired) electrons. The van der Waals surface area contributed by atoms with Gasteiger partial charge in [0.2, 0.25) is 0 Å². The topological polar surface area (TPSA) is 50.5 Å². The van der Waals surface area contributed by atoms with Crippen LogP contribution in [0.25, 0.3) is 11.1 Å². The maximum absolute atomic E-state index is 4.34. The number of nitrogens with zero attached hydrogens (tertiary/aromatic N) is 4. The first kappa shape index (κ1) is 11.7. The summed E-state index contributed by atoms with van der Waals surface area (Å²) in [5.74, 6) is 0.231. The van der Waals surface area contributed by atoms with E-state index in [1.807, 2.05) is 18.6 Å². The zero-order valence-electron chi connectivity index (χ0n) is 10.6. The second-order valence-electron chi connectivity index (χ2n) is 4.58. The summed E-state index contributed by atoms with van der Waals surface area (Å²) in [5, 5.41) is 0. The molecule has 0 spiro atoms. The van der Waals surface area contributed by atoms with Gasteiger partial charge in [0.15, 0.2) is 0 Å². The lowest BCUT2D eigenvalue weighted by molar-refractivity contribution is 0.695. The Hall–Kier alpha value is -2.36. The number of rotatable bonds is 2. The summed E-state index contributed by atoms with van der Waals surface area (Å²) in [5.41, 5.74) is 3.36. The quantitative estimate of drug-likeness (QED) is 0.822. The number of aliphatic imine (C=N–C) groups is 2. The molecule has 2 heterocycles. The Bertz CT molecular complexity index is 619. The van der Waals surface area contributed by atoms with Crippen molar-refractivity contribution >= 4 is 12.6 Å². The van der Waals surface area contributed by atoms with E-state index >= 15 is 0 Å². The van der Waals surface area contributed by atoms with Crippen molar-refractivity contribution in [3.05, 3.63) is 48.5 Å². The molecule has 0 saturated heterocycles. The first-order valence-electron chi connectivity index (χ1n) is 6.25. The molecule has 19 heavy (non-hydrogen) atoms. The minimum absolute atomic E-state index is 0.222. The predicted molar refractivity (Wildman–Crippen MR) is 76.7 cm³/mol. The van der Waals surface area contributed by atoms with Gasteiger partial charge < -0.3 is 0 Å². The zero-order valence-corrected chi connectivity index (χ0v) is 10.6. The number of hydrogen-bond donors (Lipinski definition) is 0. The second kappa shape index (κ2) is 5.10. The molecule has 94 valence electrons. The van der Waals surface area contributed by atoms with Crippen LogP contribution in [0.15, 0.2) is 53.0 Å². The van der Waals surface area contributed by atoms with Gasteiger partial charge in [-0.05, 0) is 18.1 Å². The molecule has 4 heteroatoms. The fraction of sp³-hybridized carbons (Fsp3) is 0.200. The normalized spacial score (nSPS) is 21.5. The van der Waals surface area contributed by atoms with Crippen LogP contribution < -0.4 is 0 Å². The maximum atomic E-state index is 4.34. The SMILES string of the molecule is CC1N=CN=CC1c1cccc(-c2cncnc2)c1. The Morgan fingerprint density at radius 1 is 1.05 bits per heavy atom. The van der Waals surface area contributed by atoms with Crippen LogP contribution in [0.2, 0.25) is 0 Å². The smallest absolute Gasteiger partial charge is 0.115 e. The van der Waals surface area contributed by atoms with Crippen LogP contribution in [0.5, 0.6) is 0 Å². The van der Waals surface area contributed by atoms with E-state index in [0.29, 0.717) is 0 Å². The number of benzene rings is 1. The van der Waals surface area contributed by atoms with Crippen molar-refractivity contribution in [2.24, 2.45) is 9.98 Å². The first-order valence-corrected chi connectivity index (χ1v) is 6.25. The predicted octanol–water partition coefficient (Wildman–Crippen LogP) is 2.73. The standard InChI is InChI=1S/C15H14N4/c1-11-15(8-18-10-19-11)13-4-2-3-12(5-13)14-6-16-9-17-7-14/h2-11,15H,1H3. The van der Waals surface area contributed by atoms with Crippen LogP contribution in [0.4, 0.5) is 0 Å². The first-order chi connectivity index (χ1) is 9.34. The highest BCUT2D eigenvalue weighted by Crippen LogP contribution is 2.26. The molecule has 0 N–H and O–H groups in total. The molecule has 2 unspecified atom stereocenters. The van der Waals surface area contributed by atoms with E-state index in [-0.39, 0.29) is 12.0 Å². The average molecular weight is 250 g/mol. The van der Waals surface area contributed by atoms with Gasteiger partial charge in [-0.1, -0.05) is 24.3 Å². The van der Waals surface area contributed by atoms with Gasteiger partial charge in [0.1, 0.15) is 12.7 Å². The summed E-state index contributed by atoms with van der Waals surface area (Å²) >= 11 is 0. The third kappa shape index (κ3) is 2.42. The summed E-state index contributed by atoms with van der Waals surface area (Å²) < 4.78 is 0. The number of aromatic nitrogens is 2. The summed E-state index contributed by atoms with van der Waals surface area (Å²) in [7, 11) is 0. The molecular weight excluding hydrogens is 236 g/mol. The monoisotopic (exact) mass is 250 g/mol. The second-order valence-corrected chi connectivity index (χ2v) is 4.58. The lowest BCUT2D eigenvalue weighted by Gasteiger charge is -2.19. The van der Waals surface area contributed by atoms with Gasteiger partial charge in [-0.15, -0.1) is 0 Å². The van der Waals surface area contributed by atoms with Crippen molar-refractivity contribution in [2.45, 2.75) is 18.9 Å². The Kier molecular flexibility index (Phi) is 3.14. The van der Waals surface area contributed by atoms with Crippen molar-refractivity contribution in [3.63, 3.8) is 0 Å². The molecule has 0 fully saturated rings. The van der Waals surface area contributed by atoms with E-state index in [1.54, 1.807) is 6.34 Å². The van der Waals surface area contributed by atoms with E-state index in [2.05, 4.69) is 51.1 Å². The Morgan fingerprint density at radius 2 is 1.89 bits per heavy atom. The molecule has 0 amide bonds. The van der Waals surface area contributed by atoms with E-state index < -0.39 is 0 Å². The summed E-state index contributed by atoms with van der Waals surface area (Å²) in [6.45, 7) is 2.10. The molecule has 0 aliphatic carbocycles. The van der Waals surface area contributed by atoms with Crippen LogP contribution in [-0.2, 0) is 0 Å². The van der Waals surface area contributed by atoms with Crippen molar-refractivity contribution in [1.29, 1.82) is 0 Å². The van der Waals surface area contributed by atoms with Gasteiger partial charge in [-0.2, -0.15) is 0 Å². The fourth-order valence-electron chi connectivity index (χ4n) is 2.23. The van der Waals surface area contributed by atoms with Crippen molar-refractivity contribution in [1.82, 2.24) is 9.97 Å². The van der Waals surface area contributed by atoms with Crippen LogP contribution in [-0.4, -0.2) is 28.6 Å². The van der Waals surface area contributed by atoms with Crippen LogP contribution in [0, 0.1) is 0 Å². The molecule has 0 bridgehead atoms. The molecule has 1 aromatic carbocycles. The van der Waals surface area contributed by atoms with Crippen LogP contribution in [0.3, 0.4) is 0 Å². The third-order valence-electron chi connectivity index (χ3n) is 3.30. The Balaban J connectivity index is 1.97. The van der Waals surface area contributed by atoms with Gasteiger partial charge >= 0.3 is 0 Å². The molecule has 1 aromatic heterocycles. The molecule has 2 atom stereocenters. The summed E-state index contributed by atoms with van der Waals surface area (Å²) in [6.07, 6.45) is 8.76. The van der Waals surface area contributed by atoms with E-state index in [4.69, 9.17) is 0 Å². The highest BCUT2D eigenvalue weighted by atomic mass is 14.9. The van der Waals surface area contributed by atoms with Gasteiger partial charge in [0.25, 0.3) is 0 Å². The van der Waals surface area contributed by atoms with Gasteiger partial charge in [-0.25, -0.2) is 15.0 Å². The zero-order chi connectivity index (χ0) is 13.1. The molecule has 2 aromatic rings.